The van der Waals surface area contributed by atoms with Crippen LogP contribution < -0.4 is 0 Å². The third-order valence-electron chi connectivity index (χ3n) is 4.59. The van der Waals surface area contributed by atoms with Gasteiger partial charge >= 0.3 is 0 Å². The molecule has 0 bridgehead atoms. The third kappa shape index (κ3) is 4.36. The molecule has 0 amide bonds. The molecule has 0 aliphatic carbocycles. The molecule has 1 atom stereocenters. The lowest BCUT2D eigenvalue weighted by molar-refractivity contribution is 0.0649. The number of hydrogen-bond acceptors (Lipinski definition) is 5. The monoisotopic (exact) mass is 349 g/mol. The lowest BCUT2D eigenvalue weighted by Gasteiger charge is -2.23. The maximum Gasteiger partial charge on any atom is 0.209 e. The van der Waals surface area contributed by atoms with Crippen molar-refractivity contribution >= 4 is 0 Å². The summed E-state index contributed by atoms with van der Waals surface area (Å²) in [7, 11) is 0. The molecule has 3 heterocycles. The zero-order chi connectivity index (χ0) is 17.6. The molecule has 5 nitrogen and oxygen atoms in total. The first kappa shape index (κ1) is 16.9. The Balaban J connectivity index is 1.47. The van der Waals surface area contributed by atoms with E-state index in [-0.39, 0.29) is 6.10 Å². The van der Waals surface area contributed by atoms with Crippen LogP contribution in [0.25, 0.3) is 11.3 Å². The highest BCUT2D eigenvalue weighted by Gasteiger charge is 2.21. The van der Waals surface area contributed by atoms with Crippen molar-refractivity contribution in [2.45, 2.75) is 32.0 Å². The number of aromatic nitrogens is 2. The van der Waals surface area contributed by atoms with Gasteiger partial charge in [-0.05, 0) is 24.5 Å². The minimum atomic E-state index is 0.287. The zero-order valence-corrected chi connectivity index (χ0v) is 14.8. The van der Waals surface area contributed by atoms with Gasteiger partial charge in [-0.25, -0.2) is 4.98 Å². The average molecular weight is 349 g/mol. The van der Waals surface area contributed by atoms with Gasteiger partial charge in [-0.15, -0.1) is 0 Å². The predicted molar refractivity (Wildman–Crippen MR) is 99.3 cm³/mol. The van der Waals surface area contributed by atoms with E-state index in [0.717, 1.165) is 49.8 Å². The normalized spacial score (nSPS) is 17.0. The number of nitrogens with zero attached hydrogens (tertiary/aromatic N) is 3. The fraction of sp³-hybridized carbons (Fsp3) is 0.333. The summed E-state index contributed by atoms with van der Waals surface area (Å²) in [5, 5.41) is 0. The maximum atomic E-state index is 5.99. The molecule has 0 radical (unpaired) electrons. The highest BCUT2D eigenvalue weighted by Crippen LogP contribution is 2.22. The SMILES string of the molecule is c1ccc(-c2cnc(CN(Cc3cccnc3)C[C@H]3CCCO3)o2)cc1. The largest absolute Gasteiger partial charge is 0.439 e. The van der Waals surface area contributed by atoms with Crippen LogP contribution in [0, 0.1) is 0 Å². The lowest BCUT2D eigenvalue weighted by Crippen LogP contribution is -2.31. The second-order valence-corrected chi connectivity index (χ2v) is 6.65. The van der Waals surface area contributed by atoms with Crippen LogP contribution in [-0.2, 0) is 17.8 Å². The minimum Gasteiger partial charge on any atom is -0.439 e. The van der Waals surface area contributed by atoms with E-state index >= 15 is 0 Å². The van der Waals surface area contributed by atoms with E-state index in [1.807, 2.05) is 42.6 Å². The zero-order valence-electron chi connectivity index (χ0n) is 14.8. The average Bonchev–Trinajstić information content (AvgIpc) is 3.35. The number of benzene rings is 1. The van der Waals surface area contributed by atoms with Crippen LogP contribution in [0.2, 0.25) is 0 Å². The van der Waals surface area contributed by atoms with Crippen molar-refractivity contribution in [3.63, 3.8) is 0 Å². The topological polar surface area (TPSA) is 51.4 Å². The number of oxazole rings is 1. The van der Waals surface area contributed by atoms with Crippen LogP contribution in [0.15, 0.2) is 65.5 Å². The molecule has 1 saturated heterocycles. The number of rotatable bonds is 7. The molecule has 4 rings (SSSR count). The van der Waals surface area contributed by atoms with E-state index in [1.54, 1.807) is 12.4 Å². The third-order valence-corrected chi connectivity index (χ3v) is 4.59. The summed E-state index contributed by atoms with van der Waals surface area (Å²) in [4.78, 5) is 11.0. The van der Waals surface area contributed by atoms with Crippen molar-refractivity contribution in [1.82, 2.24) is 14.9 Å². The molecule has 1 aliphatic heterocycles. The first-order valence-electron chi connectivity index (χ1n) is 9.10. The summed E-state index contributed by atoms with van der Waals surface area (Å²) < 4.78 is 11.8. The van der Waals surface area contributed by atoms with Gasteiger partial charge in [0, 0.05) is 37.7 Å². The quantitative estimate of drug-likeness (QED) is 0.647. The van der Waals surface area contributed by atoms with Crippen molar-refractivity contribution in [3.05, 3.63) is 72.5 Å². The first-order valence-corrected chi connectivity index (χ1v) is 9.10. The van der Waals surface area contributed by atoms with Gasteiger partial charge < -0.3 is 9.15 Å². The van der Waals surface area contributed by atoms with Crippen LogP contribution in [0.5, 0.6) is 0 Å². The van der Waals surface area contributed by atoms with E-state index in [0.29, 0.717) is 6.54 Å². The standard InChI is InChI=1S/C21H23N3O2/c1-2-7-18(8-3-1)20-13-23-21(26-20)16-24(15-19-9-5-11-25-19)14-17-6-4-10-22-12-17/h1-4,6-8,10,12-13,19H,5,9,11,14-16H2/t19-/m1/s1. The molecule has 1 aliphatic rings. The van der Waals surface area contributed by atoms with Crippen molar-refractivity contribution < 1.29 is 9.15 Å². The lowest BCUT2D eigenvalue weighted by atomic mass is 10.2. The van der Waals surface area contributed by atoms with Gasteiger partial charge in [0.05, 0.1) is 18.8 Å². The van der Waals surface area contributed by atoms with Crippen molar-refractivity contribution in [1.29, 1.82) is 0 Å². The van der Waals surface area contributed by atoms with E-state index in [2.05, 4.69) is 20.9 Å². The molecule has 0 unspecified atom stereocenters. The molecular weight excluding hydrogens is 326 g/mol. The van der Waals surface area contributed by atoms with Crippen LogP contribution >= 0.6 is 0 Å². The Morgan fingerprint density at radius 3 is 2.73 bits per heavy atom. The molecule has 2 aromatic heterocycles. The summed E-state index contributed by atoms with van der Waals surface area (Å²) in [6.07, 6.45) is 8.06. The van der Waals surface area contributed by atoms with Gasteiger partial charge in [0.25, 0.3) is 0 Å². The highest BCUT2D eigenvalue weighted by molar-refractivity contribution is 5.55. The highest BCUT2D eigenvalue weighted by atomic mass is 16.5. The molecule has 0 N–H and O–H groups in total. The van der Waals surface area contributed by atoms with Gasteiger partial charge in [-0.1, -0.05) is 36.4 Å². The van der Waals surface area contributed by atoms with E-state index in [9.17, 15) is 0 Å². The number of hydrogen-bond donors (Lipinski definition) is 0. The van der Waals surface area contributed by atoms with E-state index in [1.165, 1.54) is 5.56 Å². The molecule has 1 aromatic carbocycles. The Bertz CT molecular complexity index is 798. The Hall–Kier alpha value is -2.50. The number of pyridine rings is 1. The predicted octanol–water partition coefficient (Wildman–Crippen LogP) is 3.92. The van der Waals surface area contributed by atoms with Gasteiger partial charge in [0.15, 0.2) is 5.76 Å². The molecule has 5 heteroatoms. The Morgan fingerprint density at radius 2 is 1.96 bits per heavy atom. The number of ether oxygens (including phenoxy) is 1. The van der Waals surface area contributed by atoms with Crippen LogP contribution in [0.3, 0.4) is 0 Å². The summed E-state index contributed by atoms with van der Waals surface area (Å²) in [6, 6.07) is 14.1. The Labute approximate surface area is 153 Å². The molecule has 134 valence electrons. The molecule has 0 spiro atoms. The second kappa shape index (κ2) is 8.25. The van der Waals surface area contributed by atoms with Crippen LogP contribution in [0.1, 0.15) is 24.3 Å². The van der Waals surface area contributed by atoms with Gasteiger partial charge in [-0.3, -0.25) is 9.88 Å². The van der Waals surface area contributed by atoms with Gasteiger partial charge in [0.2, 0.25) is 5.89 Å². The summed E-state index contributed by atoms with van der Waals surface area (Å²) in [5.41, 5.74) is 2.23. The van der Waals surface area contributed by atoms with Crippen LogP contribution in [0.4, 0.5) is 0 Å². The minimum absolute atomic E-state index is 0.287. The fourth-order valence-electron chi connectivity index (χ4n) is 3.32. The molecular formula is C21H23N3O2. The van der Waals surface area contributed by atoms with Gasteiger partial charge in [0.1, 0.15) is 0 Å². The summed E-state index contributed by atoms with van der Waals surface area (Å²) in [6.45, 7) is 3.19. The smallest absolute Gasteiger partial charge is 0.209 e. The maximum absolute atomic E-state index is 5.99. The van der Waals surface area contributed by atoms with E-state index < -0.39 is 0 Å². The van der Waals surface area contributed by atoms with Crippen molar-refractivity contribution in [2.24, 2.45) is 0 Å². The van der Waals surface area contributed by atoms with Gasteiger partial charge in [-0.2, -0.15) is 0 Å². The molecule has 0 saturated carbocycles. The molecule has 26 heavy (non-hydrogen) atoms. The molecule has 1 fully saturated rings. The Kier molecular flexibility index (Phi) is 5.38. The van der Waals surface area contributed by atoms with Crippen LogP contribution in [-0.4, -0.2) is 34.1 Å². The fourth-order valence-corrected chi connectivity index (χ4v) is 3.32. The first-order chi connectivity index (χ1) is 12.9. The Morgan fingerprint density at radius 1 is 1.04 bits per heavy atom. The van der Waals surface area contributed by atoms with Crippen molar-refractivity contribution in [2.75, 3.05) is 13.2 Å². The molecule has 3 aromatic rings. The van der Waals surface area contributed by atoms with E-state index in [4.69, 9.17) is 9.15 Å². The summed E-state index contributed by atoms with van der Waals surface area (Å²) in [5.74, 6) is 1.53. The second-order valence-electron chi connectivity index (χ2n) is 6.65. The summed E-state index contributed by atoms with van der Waals surface area (Å²) >= 11 is 0. The van der Waals surface area contributed by atoms with Crippen molar-refractivity contribution in [3.8, 4) is 11.3 Å².